The quantitative estimate of drug-likeness (QED) is 0.591. The third-order valence-corrected chi connectivity index (χ3v) is 6.68. The van der Waals surface area contributed by atoms with Crippen molar-refractivity contribution in [3.63, 3.8) is 0 Å². The first-order chi connectivity index (χ1) is 13.6. The lowest BCUT2D eigenvalue weighted by molar-refractivity contribution is 0.0911. The van der Waals surface area contributed by atoms with Crippen LogP contribution in [0.15, 0.2) is 38.8 Å². The Morgan fingerprint density at radius 3 is 2.66 bits per heavy atom. The Balaban J connectivity index is 1.70. The third-order valence-electron chi connectivity index (χ3n) is 5.04. The van der Waals surface area contributed by atoms with Crippen molar-refractivity contribution < 1.29 is 17.7 Å². The molecule has 2 aromatic heterocycles. The van der Waals surface area contributed by atoms with Crippen LogP contribution in [0.4, 0.5) is 0 Å². The Labute approximate surface area is 165 Å². The number of carbonyl (C=O) groups excluding carboxylic acids is 1. The molecule has 3 aromatic rings. The van der Waals surface area contributed by atoms with E-state index in [9.17, 15) is 18.0 Å². The maximum atomic E-state index is 12.8. The number of amides is 1. The predicted octanol–water partition coefficient (Wildman–Crippen LogP) is 0.502. The molecule has 29 heavy (non-hydrogen) atoms. The number of hydrogen-bond donors (Lipinski definition) is 2. The molecule has 12 heteroatoms. The maximum Gasteiger partial charge on any atom is 0.330 e. The van der Waals surface area contributed by atoms with Gasteiger partial charge in [0.1, 0.15) is 6.17 Å². The number of nitrogens with zero attached hydrogens (tertiary/aromatic N) is 4. The first kappa shape index (κ1) is 19.3. The average molecular weight is 420 g/mol. The second-order valence-corrected chi connectivity index (χ2v) is 9.11. The first-order valence-electron chi connectivity index (χ1n) is 8.93. The first-order valence-corrected chi connectivity index (χ1v) is 10.4. The van der Waals surface area contributed by atoms with Crippen molar-refractivity contribution in [3.05, 3.63) is 40.9 Å². The highest BCUT2D eigenvalue weighted by Crippen LogP contribution is 2.36. The molecule has 1 amide bonds. The largest absolute Gasteiger partial charge is 0.342 e. The molecule has 2 heterocycles. The smallest absolute Gasteiger partial charge is 0.330 e. The minimum atomic E-state index is -3.71. The molecule has 1 aliphatic rings. The highest BCUT2D eigenvalue weighted by molar-refractivity contribution is 7.89. The maximum absolute atomic E-state index is 12.8. The molecule has 1 atom stereocenters. The van der Waals surface area contributed by atoms with Crippen LogP contribution in [-0.2, 0) is 17.1 Å². The van der Waals surface area contributed by atoms with E-state index in [-0.39, 0.29) is 10.7 Å². The minimum absolute atomic E-state index is 0.0781. The topological polar surface area (TPSA) is 141 Å². The lowest BCUT2D eigenvalue weighted by atomic mass is 10.3. The number of fused-ring (bicyclic) bond motifs is 1. The zero-order valence-corrected chi connectivity index (χ0v) is 16.9. The number of carbonyl (C=O) groups is 1. The highest BCUT2D eigenvalue weighted by Gasteiger charge is 2.41. The van der Waals surface area contributed by atoms with Crippen LogP contribution in [0.3, 0.4) is 0 Å². The number of nitrogens with one attached hydrogen (secondary N) is 2. The van der Waals surface area contributed by atoms with E-state index < -0.39 is 33.3 Å². The number of aromatic nitrogens is 4. The summed E-state index contributed by atoms with van der Waals surface area (Å²) in [7, 11) is -2.16. The Morgan fingerprint density at radius 2 is 2.03 bits per heavy atom. The van der Waals surface area contributed by atoms with Gasteiger partial charge in [-0.1, -0.05) is 5.16 Å². The highest BCUT2D eigenvalue weighted by atomic mass is 32.2. The molecule has 0 aliphatic heterocycles. The van der Waals surface area contributed by atoms with Gasteiger partial charge >= 0.3 is 5.69 Å². The van der Waals surface area contributed by atoms with Crippen LogP contribution in [0.5, 0.6) is 0 Å². The average Bonchev–Trinajstić information content (AvgIpc) is 3.08. The van der Waals surface area contributed by atoms with Crippen LogP contribution >= 0.6 is 0 Å². The molecule has 1 unspecified atom stereocenters. The molecule has 0 radical (unpaired) electrons. The van der Waals surface area contributed by atoms with Gasteiger partial charge in [-0.15, -0.1) is 0 Å². The fourth-order valence-corrected chi connectivity index (χ4v) is 4.63. The number of sulfonamides is 1. The predicted molar refractivity (Wildman–Crippen MR) is 102 cm³/mol. The van der Waals surface area contributed by atoms with E-state index in [2.05, 4.69) is 24.7 Å². The second kappa shape index (κ2) is 6.52. The van der Waals surface area contributed by atoms with Gasteiger partial charge in [0.05, 0.1) is 15.9 Å². The molecule has 0 saturated heterocycles. The number of rotatable bonds is 6. The van der Waals surface area contributed by atoms with Gasteiger partial charge in [-0.3, -0.25) is 13.9 Å². The molecular formula is C17H20N6O5S. The molecule has 1 aliphatic carbocycles. The lowest BCUT2D eigenvalue weighted by Crippen LogP contribution is -2.36. The van der Waals surface area contributed by atoms with Gasteiger partial charge in [0, 0.05) is 12.6 Å². The Hall–Kier alpha value is -2.99. The number of imidazole rings is 1. The summed E-state index contributed by atoms with van der Waals surface area (Å²) in [6, 6.07) is 4.45. The van der Waals surface area contributed by atoms with E-state index in [1.54, 1.807) is 20.0 Å². The summed E-state index contributed by atoms with van der Waals surface area (Å²) >= 11 is 0. The van der Waals surface area contributed by atoms with Crippen LogP contribution in [0.1, 0.15) is 43.5 Å². The lowest BCUT2D eigenvalue weighted by Gasteiger charge is -2.15. The molecule has 154 valence electrons. The van der Waals surface area contributed by atoms with Gasteiger partial charge in [0.2, 0.25) is 16.4 Å². The number of hydrogen-bond acceptors (Lipinski definition) is 7. The van der Waals surface area contributed by atoms with Crippen LogP contribution in [0.25, 0.3) is 11.0 Å². The van der Waals surface area contributed by atoms with Crippen LogP contribution in [-0.4, -0.2) is 39.1 Å². The van der Waals surface area contributed by atoms with Crippen molar-refractivity contribution in [1.82, 2.24) is 29.3 Å². The van der Waals surface area contributed by atoms with Crippen molar-refractivity contribution in [2.45, 2.75) is 43.3 Å². The van der Waals surface area contributed by atoms with Gasteiger partial charge in [-0.25, -0.2) is 17.9 Å². The van der Waals surface area contributed by atoms with Crippen molar-refractivity contribution in [1.29, 1.82) is 0 Å². The van der Waals surface area contributed by atoms with E-state index in [1.807, 2.05) is 6.92 Å². The van der Waals surface area contributed by atoms with Gasteiger partial charge in [-0.2, -0.15) is 4.98 Å². The number of benzene rings is 1. The van der Waals surface area contributed by atoms with Crippen molar-refractivity contribution >= 4 is 27.0 Å². The molecule has 1 fully saturated rings. The summed E-state index contributed by atoms with van der Waals surface area (Å²) in [4.78, 5) is 28.7. The fourth-order valence-electron chi connectivity index (χ4n) is 3.15. The Bertz CT molecular complexity index is 1250. The van der Waals surface area contributed by atoms with Crippen LogP contribution in [0, 0.1) is 0 Å². The van der Waals surface area contributed by atoms with Crippen molar-refractivity contribution in [2.24, 2.45) is 7.05 Å². The van der Waals surface area contributed by atoms with Crippen molar-refractivity contribution in [2.75, 3.05) is 0 Å². The summed E-state index contributed by atoms with van der Waals surface area (Å²) in [5.41, 5.74) is 0.103. The van der Waals surface area contributed by atoms with E-state index in [0.717, 1.165) is 19.2 Å². The molecular weight excluding hydrogens is 400 g/mol. The molecule has 4 rings (SSSR count). The Morgan fingerprint density at radius 1 is 1.31 bits per heavy atom. The summed E-state index contributed by atoms with van der Waals surface area (Å²) in [5.74, 6) is -0.755. The molecule has 2 N–H and O–H groups in total. The van der Waals surface area contributed by atoms with Gasteiger partial charge in [0.25, 0.3) is 11.7 Å². The Kier molecular flexibility index (Phi) is 4.35. The summed E-state index contributed by atoms with van der Waals surface area (Å²) in [6.07, 6.45) is 1.88. The van der Waals surface area contributed by atoms with Gasteiger partial charge < -0.3 is 9.84 Å². The standard InChI is InChI=1S/C17H20N6O5S/c1-10(19-15(24)14-18-9-28-20-14)23-12-5-4-11(8-13(12)22(3)16(23)25)29(26,27)21-17(2)6-7-17/h4-5,8-10,21H,6-7H2,1-3H3,(H,19,24). The zero-order chi connectivity index (χ0) is 21.0. The van der Waals surface area contributed by atoms with Gasteiger partial charge in [-0.05, 0) is 44.9 Å². The molecule has 1 saturated carbocycles. The van der Waals surface area contributed by atoms with Gasteiger partial charge in [0.15, 0.2) is 0 Å². The fraction of sp³-hybridized carbons (Fsp3) is 0.412. The second-order valence-electron chi connectivity index (χ2n) is 7.43. The monoisotopic (exact) mass is 420 g/mol. The van der Waals surface area contributed by atoms with E-state index in [1.165, 1.54) is 21.3 Å². The molecule has 1 aromatic carbocycles. The summed E-state index contributed by atoms with van der Waals surface area (Å²) in [5, 5.41) is 6.09. The summed E-state index contributed by atoms with van der Waals surface area (Å²) in [6.45, 7) is 3.47. The SMILES string of the molecule is CC(NC(=O)c1ncon1)n1c(=O)n(C)c2cc(S(=O)(=O)NC3(C)CC3)ccc21. The molecule has 0 bridgehead atoms. The minimum Gasteiger partial charge on any atom is -0.342 e. The molecule has 0 spiro atoms. The van der Waals surface area contributed by atoms with E-state index >= 15 is 0 Å². The van der Waals surface area contributed by atoms with E-state index in [4.69, 9.17) is 0 Å². The van der Waals surface area contributed by atoms with E-state index in [0.29, 0.717) is 11.0 Å². The number of aryl methyl sites for hydroxylation is 1. The molecule has 11 nitrogen and oxygen atoms in total. The third kappa shape index (κ3) is 3.44. The van der Waals surface area contributed by atoms with Crippen LogP contribution < -0.4 is 15.7 Å². The zero-order valence-electron chi connectivity index (χ0n) is 16.0. The van der Waals surface area contributed by atoms with Crippen molar-refractivity contribution in [3.8, 4) is 0 Å². The van der Waals surface area contributed by atoms with Crippen LogP contribution in [0.2, 0.25) is 0 Å². The normalized spacial score (nSPS) is 16.7. The summed E-state index contributed by atoms with van der Waals surface area (Å²) < 4.78 is 35.3.